The van der Waals surface area contributed by atoms with E-state index < -0.39 is 10.0 Å². The SMILES string of the molecule is CC(C)c1ccc(S(=O)(=O)N2CCC(C(=O)N3CC[C@@H](N)C3)CC2)cc1. The molecule has 7 heteroatoms. The third kappa shape index (κ3) is 3.94. The van der Waals surface area contributed by atoms with Crippen LogP contribution in [0.4, 0.5) is 0 Å². The van der Waals surface area contributed by atoms with Crippen LogP contribution in [0.15, 0.2) is 29.2 Å². The highest BCUT2D eigenvalue weighted by molar-refractivity contribution is 7.89. The first-order chi connectivity index (χ1) is 12.3. The van der Waals surface area contributed by atoms with Crippen molar-refractivity contribution in [3.63, 3.8) is 0 Å². The molecule has 0 bridgehead atoms. The molecule has 3 rings (SSSR count). The number of piperidine rings is 1. The molecule has 0 radical (unpaired) electrons. The molecule has 2 fully saturated rings. The molecule has 144 valence electrons. The van der Waals surface area contributed by atoms with Crippen LogP contribution < -0.4 is 5.73 Å². The number of carbonyl (C=O) groups excluding carboxylic acids is 1. The van der Waals surface area contributed by atoms with Crippen molar-refractivity contribution >= 4 is 15.9 Å². The van der Waals surface area contributed by atoms with E-state index in [1.54, 1.807) is 12.1 Å². The van der Waals surface area contributed by atoms with Crippen LogP contribution in [0.3, 0.4) is 0 Å². The van der Waals surface area contributed by atoms with Gasteiger partial charge in [0.15, 0.2) is 0 Å². The smallest absolute Gasteiger partial charge is 0.243 e. The predicted molar refractivity (Wildman–Crippen MR) is 101 cm³/mol. The Morgan fingerprint density at radius 2 is 1.69 bits per heavy atom. The molecule has 0 unspecified atom stereocenters. The number of nitrogens with zero attached hydrogens (tertiary/aromatic N) is 2. The third-order valence-electron chi connectivity index (χ3n) is 5.52. The lowest BCUT2D eigenvalue weighted by Gasteiger charge is -2.32. The molecule has 2 N–H and O–H groups in total. The number of hydrogen-bond acceptors (Lipinski definition) is 4. The monoisotopic (exact) mass is 379 g/mol. The van der Waals surface area contributed by atoms with E-state index in [-0.39, 0.29) is 17.9 Å². The predicted octanol–water partition coefficient (Wildman–Crippen LogP) is 1.77. The Kier molecular flexibility index (Phi) is 5.69. The van der Waals surface area contributed by atoms with Gasteiger partial charge in [-0.15, -0.1) is 0 Å². The van der Waals surface area contributed by atoms with Gasteiger partial charge in [-0.3, -0.25) is 4.79 Å². The molecule has 26 heavy (non-hydrogen) atoms. The lowest BCUT2D eigenvalue weighted by molar-refractivity contribution is -0.135. The average molecular weight is 380 g/mol. The van der Waals surface area contributed by atoms with Crippen molar-refractivity contribution in [2.45, 2.75) is 50.0 Å². The highest BCUT2D eigenvalue weighted by Crippen LogP contribution is 2.27. The van der Waals surface area contributed by atoms with E-state index in [9.17, 15) is 13.2 Å². The van der Waals surface area contributed by atoms with Gasteiger partial charge in [-0.25, -0.2) is 8.42 Å². The Morgan fingerprint density at radius 3 is 2.19 bits per heavy atom. The van der Waals surface area contributed by atoms with Crippen molar-refractivity contribution < 1.29 is 13.2 Å². The zero-order valence-corrected chi connectivity index (χ0v) is 16.4. The molecule has 0 aliphatic carbocycles. The lowest BCUT2D eigenvalue weighted by Crippen LogP contribution is -2.44. The Labute approximate surface area is 156 Å². The van der Waals surface area contributed by atoms with Crippen LogP contribution in [0.1, 0.15) is 44.6 Å². The largest absolute Gasteiger partial charge is 0.341 e. The molecule has 0 aromatic heterocycles. The summed E-state index contributed by atoms with van der Waals surface area (Å²) in [6, 6.07) is 7.21. The fraction of sp³-hybridized carbons (Fsp3) is 0.632. The third-order valence-corrected chi connectivity index (χ3v) is 7.44. The summed E-state index contributed by atoms with van der Waals surface area (Å²) >= 11 is 0. The number of sulfonamides is 1. The molecule has 1 atom stereocenters. The molecule has 1 aromatic carbocycles. The van der Waals surface area contributed by atoms with E-state index in [1.165, 1.54) is 4.31 Å². The van der Waals surface area contributed by atoms with Crippen molar-refractivity contribution in [3.8, 4) is 0 Å². The van der Waals surface area contributed by atoms with Gasteiger partial charge in [-0.2, -0.15) is 4.31 Å². The van der Waals surface area contributed by atoms with Gasteiger partial charge < -0.3 is 10.6 Å². The first-order valence-corrected chi connectivity index (χ1v) is 10.9. The zero-order chi connectivity index (χ0) is 18.9. The second-order valence-electron chi connectivity index (χ2n) is 7.74. The zero-order valence-electron chi connectivity index (χ0n) is 15.6. The summed E-state index contributed by atoms with van der Waals surface area (Å²) in [4.78, 5) is 14.7. The normalized spacial score (nSPS) is 22.9. The van der Waals surface area contributed by atoms with Gasteiger partial charge in [0.1, 0.15) is 0 Å². The molecule has 2 aliphatic heterocycles. The Balaban J connectivity index is 1.62. The highest BCUT2D eigenvalue weighted by atomic mass is 32.2. The summed E-state index contributed by atoms with van der Waals surface area (Å²) in [5, 5.41) is 0. The highest BCUT2D eigenvalue weighted by Gasteiger charge is 2.35. The van der Waals surface area contributed by atoms with Crippen LogP contribution in [0.25, 0.3) is 0 Å². The molecule has 1 aromatic rings. The summed E-state index contributed by atoms with van der Waals surface area (Å²) in [5.41, 5.74) is 7.01. The van der Waals surface area contributed by atoms with Gasteiger partial charge in [0.25, 0.3) is 0 Å². The van der Waals surface area contributed by atoms with Crippen molar-refractivity contribution in [1.29, 1.82) is 0 Å². The number of carbonyl (C=O) groups is 1. The average Bonchev–Trinajstić information content (AvgIpc) is 3.07. The first-order valence-electron chi connectivity index (χ1n) is 9.43. The maximum atomic E-state index is 12.9. The molecule has 2 heterocycles. The van der Waals surface area contributed by atoms with Crippen molar-refractivity contribution in [3.05, 3.63) is 29.8 Å². The molecular weight excluding hydrogens is 350 g/mol. The van der Waals surface area contributed by atoms with Crippen LogP contribution in [-0.2, 0) is 14.8 Å². The summed E-state index contributed by atoms with van der Waals surface area (Å²) in [7, 11) is -3.49. The van der Waals surface area contributed by atoms with Gasteiger partial charge in [-0.1, -0.05) is 26.0 Å². The standard InChI is InChI=1S/C19H29N3O3S/c1-14(2)15-3-5-18(6-4-15)26(24,25)22-11-7-16(8-12-22)19(23)21-10-9-17(20)13-21/h3-6,14,16-17H,7-13,20H2,1-2H3/t17-/m1/s1. The topological polar surface area (TPSA) is 83.7 Å². The number of likely N-dealkylation sites (tertiary alicyclic amines) is 1. The van der Waals surface area contributed by atoms with Crippen LogP contribution in [0, 0.1) is 5.92 Å². The minimum atomic E-state index is -3.49. The van der Waals surface area contributed by atoms with E-state index in [0.29, 0.717) is 43.3 Å². The maximum absolute atomic E-state index is 12.9. The first kappa shape index (κ1) is 19.3. The van der Waals surface area contributed by atoms with E-state index in [1.807, 2.05) is 17.0 Å². The van der Waals surface area contributed by atoms with E-state index in [2.05, 4.69) is 13.8 Å². The molecular formula is C19H29N3O3S. The van der Waals surface area contributed by atoms with Crippen molar-refractivity contribution in [2.24, 2.45) is 11.7 Å². The van der Waals surface area contributed by atoms with Crippen molar-refractivity contribution in [1.82, 2.24) is 9.21 Å². The number of hydrogen-bond donors (Lipinski definition) is 1. The van der Waals surface area contributed by atoms with E-state index in [4.69, 9.17) is 5.73 Å². The second kappa shape index (κ2) is 7.66. The van der Waals surface area contributed by atoms with Gasteiger partial charge >= 0.3 is 0 Å². The van der Waals surface area contributed by atoms with Gasteiger partial charge in [-0.05, 0) is 42.9 Å². The summed E-state index contributed by atoms with van der Waals surface area (Å²) in [6.45, 7) is 6.30. The minimum Gasteiger partial charge on any atom is -0.341 e. The Morgan fingerprint density at radius 1 is 1.08 bits per heavy atom. The molecule has 2 aliphatic rings. The maximum Gasteiger partial charge on any atom is 0.243 e. The molecule has 6 nitrogen and oxygen atoms in total. The number of rotatable bonds is 4. The lowest BCUT2D eigenvalue weighted by atomic mass is 9.97. The van der Waals surface area contributed by atoms with E-state index in [0.717, 1.165) is 18.5 Å². The molecule has 1 amide bonds. The molecule has 2 saturated heterocycles. The number of benzene rings is 1. The van der Waals surface area contributed by atoms with Gasteiger partial charge in [0.05, 0.1) is 4.90 Å². The minimum absolute atomic E-state index is 0.0771. The van der Waals surface area contributed by atoms with Crippen LogP contribution in [0.5, 0.6) is 0 Å². The quantitative estimate of drug-likeness (QED) is 0.864. The number of amides is 1. The fourth-order valence-electron chi connectivity index (χ4n) is 3.76. The van der Waals surface area contributed by atoms with Gasteiger partial charge in [0, 0.05) is 38.1 Å². The van der Waals surface area contributed by atoms with E-state index >= 15 is 0 Å². The van der Waals surface area contributed by atoms with Gasteiger partial charge in [0.2, 0.25) is 15.9 Å². The van der Waals surface area contributed by atoms with Crippen LogP contribution in [0.2, 0.25) is 0 Å². The second-order valence-corrected chi connectivity index (χ2v) is 9.67. The molecule has 0 spiro atoms. The molecule has 0 saturated carbocycles. The Hall–Kier alpha value is -1.44. The summed E-state index contributed by atoms with van der Waals surface area (Å²) in [6.07, 6.45) is 2.01. The van der Waals surface area contributed by atoms with Crippen LogP contribution in [-0.4, -0.2) is 55.8 Å². The van der Waals surface area contributed by atoms with Crippen molar-refractivity contribution in [2.75, 3.05) is 26.2 Å². The summed E-state index contributed by atoms with van der Waals surface area (Å²) in [5.74, 6) is 0.415. The fourth-order valence-corrected chi connectivity index (χ4v) is 5.23. The Bertz CT molecular complexity index is 738. The summed E-state index contributed by atoms with van der Waals surface area (Å²) < 4.78 is 27.2. The number of nitrogens with two attached hydrogens (primary N) is 1. The van der Waals surface area contributed by atoms with Crippen LogP contribution >= 0.6 is 0 Å².